The van der Waals surface area contributed by atoms with E-state index in [1.165, 1.54) is 197 Å². The molecule has 0 atom stereocenters. The Morgan fingerprint density at radius 3 is 0.764 bits per heavy atom. The zero-order valence-corrected chi connectivity index (χ0v) is 63.3. The quantitative estimate of drug-likeness (QED) is 0.146. The minimum atomic E-state index is 0.0945. The van der Waals surface area contributed by atoms with E-state index >= 15 is 0 Å². The lowest BCUT2D eigenvalue weighted by Crippen LogP contribution is -2.10. The van der Waals surface area contributed by atoms with Crippen molar-refractivity contribution in [1.82, 2.24) is 0 Å². The normalized spacial score (nSPS) is 11.6. The Balaban J connectivity index is 0.000000114. The third-order valence-corrected chi connectivity index (χ3v) is 21.3. The van der Waals surface area contributed by atoms with E-state index in [0.29, 0.717) is 0 Å². The first kappa shape index (κ1) is 69.7. The van der Waals surface area contributed by atoms with Gasteiger partial charge in [-0.2, -0.15) is 0 Å². The number of rotatable bonds is 6. The van der Waals surface area contributed by atoms with Crippen molar-refractivity contribution in [3.05, 3.63) is 384 Å². The standard InChI is InChI=1S/C31H28.C28H22.C25H24.C22H18/c1-21-14-16-23(17-15-21)30-26-13-9-8-12-25(26)29(22-10-6-5-7-11-22)27-19-18-24(20-28(27)30)31(2,3)4;1-19-12-15-22(16-13-19)27-23-10-6-7-11-24(23)28(21-8-4-3-5-9-21)26-18-20(2)14-17-25(26)27;1-17-9-11-18(12-10-17)24-22-8-6-5-7-19(22)15-20-16-21(25(2,3)4)13-14-23(20)24;1-15-7-10-17(11-8-15)22-20-6-4-3-5-18(20)14-19-13-16(2)9-12-21(19)22/h5-20H,1-4H3;3-18H,1-2H3;5-16H,1-4H3;3-14H,1-2H3. The Labute approximate surface area is 627 Å². The largest absolute Gasteiger partial charge is 0.0622 e. The van der Waals surface area contributed by atoms with Gasteiger partial charge in [-0.05, 0) is 235 Å². The van der Waals surface area contributed by atoms with Gasteiger partial charge in [-0.1, -0.05) is 396 Å². The highest BCUT2D eigenvalue weighted by molar-refractivity contribution is 6.23. The van der Waals surface area contributed by atoms with Crippen molar-refractivity contribution < 1.29 is 0 Å². The fraction of sp³-hybridized carbons (Fsp3) is 0.132. The van der Waals surface area contributed by atoms with Crippen LogP contribution in [0.1, 0.15) is 86.1 Å². The molecule has 0 heteroatoms. The zero-order chi connectivity index (χ0) is 73.4. The van der Waals surface area contributed by atoms with Gasteiger partial charge >= 0.3 is 0 Å². The molecule has 0 heterocycles. The first-order chi connectivity index (χ1) is 51.3. The molecule has 0 bridgehead atoms. The molecule has 18 aromatic rings. The Bertz CT molecular complexity index is 6260. The second-order valence-electron chi connectivity index (χ2n) is 31.2. The molecule has 0 radical (unpaired) electrons. The number of hydrogen-bond donors (Lipinski definition) is 0. The lowest BCUT2D eigenvalue weighted by atomic mass is 9.81. The highest BCUT2D eigenvalue weighted by atomic mass is 14.3. The summed E-state index contributed by atoms with van der Waals surface area (Å²) >= 11 is 0. The lowest BCUT2D eigenvalue weighted by molar-refractivity contribution is 0.591. The van der Waals surface area contributed by atoms with Crippen molar-refractivity contribution in [3.63, 3.8) is 0 Å². The fourth-order valence-electron chi connectivity index (χ4n) is 15.6. The molecule has 516 valence electrons. The van der Waals surface area contributed by atoms with Crippen molar-refractivity contribution in [1.29, 1.82) is 0 Å². The summed E-state index contributed by atoms with van der Waals surface area (Å²) in [5.74, 6) is 0. The number of fused-ring (bicyclic) bond motifs is 8. The van der Waals surface area contributed by atoms with Crippen LogP contribution in [0.3, 0.4) is 0 Å². The summed E-state index contributed by atoms with van der Waals surface area (Å²) in [7, 11) is 0. The SMILES string of the molecule is Cc1ccc(-c2c3ccccc3c(-c3ccccc3)c3cc(C)ccc23)cc1.Cc1ccc(-c2c3ccccc3c(-c3ccccc3)c3ccc(C(C)(C)C)cc23)cc1.Cc1ccc(-c2c3ccccc3cc3cc(C(C)(C)C)ccc23)cc1.Cc1ccc(-c2c3ccccc3cc3cc(C)ccc23)cc1. The molecule has 18 aromatic carbocycles. The summed E-state index contributed by atoms with van der Waals surface area (Å²) in [4.78, 5) is 0. The molecule has 106 heavy (non-hydrogen) atoms. The average Bonchev–Trinajstić information content (AvgIpc) is 0.727. The van der Waals surface area contributed by atoms with Crippen LogP contribution < -0.4 is 0 Å². The monoisotopic (exact) mass is 1360 g/mol. The molecular formula is C106H92. The summed E-state index contributed by atoms with van der Waals surface area (Å²) in [5, 5.41) is 21.0. The predicted octanol–water partition coefficient (Wildman–Crippen LogP) is 30.4. The van der Waals surface area contributed by atoms with Gasteiger partial charge in [0.05, 0.1) is 0 Å². The number of benzene rings is 18. The van der Waals surface area contributed by atoms with Crippen LogP contribution in [0.4, 0.5) is 0 Å². The molecule has 0 amide bonds. The second kappa shape index (κ2) is 29.3. The van der Waals surface area contributed by atoms with Crippen molar-refractivity contribution >= 4 is 86.2 Å². The van der Waals surface area contributed by atoms with Gasteiger partial charge in [0, 0.05) is 0 Å². The Kier molecular flexibility index (Phi) is 19.3. The molecule has 0 nitrogen and oxygen atoms in total. The number of aryl methyl sites for hydroxylation is 6. The van der Waals surface area contributed by atoms with Crippen LogP contribution in [0, 0.1) is 41.5 Å². The molecule has 0 saturated carbocycles. The van der Waals surface area contributed by atoms with E-state index in [1.807, 2.05) is 0 Å². The van der Waals surface area contributed by atoms with E-state index in [9.17, 15) is 0 Å². The van der Waals surface area contributed by atoms with Gasteiger partial charge in [0.25, 0.3) is 0 Å². The topological polar surface area (TPSA) is 0 Å². The first-order valence-electron chi connectivity index (χ1n) is 37.5. The minimum Gasteiger partial charge on any atom is -0.0622 e. The van der Waals surface area contributed by atoms with Crippen molar-refractivity contribution in [2.75, 3.05) is 0 Å². The molecule has 0 aliphatic carbocycles. The Morgan fingerprint density at radius 2 is 0.387 bits per heavy atom. The highest BCUT2D eigenvalue weighted by Gasteiger charge is 2.23. The van der Waals surface area contributed by atoms with Crippen LogP contribution in [0.25, 0.3) is 153 Å². The third kappa shape index (κ3) is 14.2. The minimum absolute atomic E-state index is 0.0945. The van der Waals surface area contributed by atoms with E-state index < -0.39 is 0 Å². The first-order valence-corrected chi connectivity index (χ1v) is 37.5. The van der Waals surface area contributed by atoms with E-state index in [2.05, 4.69) is 423 Å². The van der Waals surface area contributed by atoms with E-state index in [0.717, 1.165) is 0 Å². The van der Waals surface area contributed by atoms with Crippen LogP contribution in [0.5, 0.6) is 0 Å². The van der Waals surface area contributed by atoms with E-state index in [-0.39, 0.29) is 10.8 Å². The molecule has 18 rings (SSSR count). The van der Waals surface area contributed by atoms with Crippen LogP contribution in [0.2, 0.25) is 0 Å². The van der Waals surface area contributed by atoms with Gasteiger partial charge < -0.3 is 0 Å². The van der Waals surface area contributed by atoms with Gasteiger partial charge in [-0.15, -0.1) is 0 Å². The van der Waals surface area contributed by atoms with Gasteiger partial charge in [0.1, 0.15) is 0 Å². The predicted molar refractivity (Wildman–Crippen MR) is 464 cm³/mol. The van der Waals surface area contributed by atoms with Crippen LogP contribution in [0.15, 0.2) is 340 Å². The van der Waals surface area contributed by atoms with Gasteiger partial charge in [-0.3, -0.25) is 0 Å². The maximum atomic E-state index is 2.42. The summed E-state index contributed by atoms with van der Waals surface area (Å²) in [6.07, 6.45) is 0. The molecule has 0 N–H and O–H groups in total. The van der Waals surface area contributed by atoms with E-state index in [4.69, 9.17) is 0 Å². The summed E-state index contributed by atoms with van der Waals surface area (Å²) < 4.78 is 0. The van der Waals surface area contributed by atoms with Gasteiger partial charge in [0.2, 0.25) is 0 Å². The molecule has 0 aliphatic heterocycles. The fourth-order valence-corrected chi connectivity index (χ4v) is 15.6. The molecule has 0 aromatic heterocycles. The molecule has 0 spiro atoms. The van der Waals surface area contributed by atoms with E-state index in [1.54, 1.807) is 0 Å². The maximum absolute atomic E-state index is 2.42. The Morgan fingerprint density at radius 1 is 0.151 bits per heavy atom. The lowest BCUT2D eigenvalue weighted by Gasteiger charge is -2.23. The maximum Gasteiger partial charge on any atom is -0.00263 e. The second-order valence-corrected chi connectivity index (χ2v) is 31.2. The zero-order valence-electron chi connectivity index (χ0n) is 63.3. The highest BCUT2D eigenvalue weighted by Crippen LogP contribution is 2.48. The summed E-state index contributed by atoms with van der Waals surface area (Å²) in [5.41, 5.74) is 26.4. The molecule has 0 aliphatic rings. The van der Waals surface area contributed by atoms with Crippen molar-refractivity contribution in [2.45, 2.75) is 93.9 Å². The molecule has 0 saturated heterocycles. The van der Waals surface area contributed by atoms with Gasteiger partial charge in [-0.25, -0.2) is 0 Å². The molecule has 0 unspecified atom stereocenters. The van der Waals surface area contributed by atoms with Crippen molar-refractivity contribution in [3.8, 4) is 66.8 Å². The molecule has 0 fully saturated rings. The third-order valence-electron chi connectivity index (χ3n) is 21.3. The Hall–Kier alpha value is -12.0. The van der Waals surface area contributed by atoms with Gasteiger partial charge in [0.15, 0.2) is 0 Å². The van der Waals surface area contributed by atoms with Crippen LogP contribution in [-0.4, -0.2) is 0 Å². The number of hydrogen-bond acceptors (Lipinski definition) is 0. The van der Waals surface area contributed by atoms with Crippen LogP contribution >= 0.6 is 0 Å². The summed E-state index contributed by atoms with van der Waals surface area (Å²) in [6.45, 7) is 26.6. The van der Waals surface area contributed by atoms with Crippen molar-refractivity contribution in [2.24, 2.45) is 0 Å². The van der Waals surface area contributed by atoms with Crippen LogP contribution in [-0.2, 0) is 10.8 Å². The average molecular weight is 1370 g/mol. The molecular weight excluding hydrogens is 1270 g/mol. The summed E-state index contributed by atoms with van der Waals surface area (Å²) in [6, 6.07) is 124. The smallest absolute Gasteiger partial charge is 0.00263 e.